The van der Waals surface area contributed by atoms with Crippen molar-refractivity contribution in [2.75, 3.05) is 34.2 Å². The summed E-state index contributed by atoms with van der Waals surface area (Å²) in [5.74, 6) is 3.41. The summed E-state index contributed by atoms with van der Waals surface area (Å²) in [6, 6.07) is 15.8. The number of aliphatic hydroxyl groups is 1. The summed E-state index contributed by atoms with van der Waals surface area (Å²) in [5, 5.41) is 23.0. The molecule has 1 aliphatic carbocycles. The number of hydrogen-bond acceptors (Lipinski definition) is 8. The summed E-state index contributed by atoms with van der Waals surface area (Å²) in [5.41, 5.74) is 7.33. The van der Waals surface area contributed by atoms with Gasteiger partial charge in [-0.3, -0.25) is 4.79 Å². The average Bonchev–Trinajstić information content (AvgIpc) is 3.52. The van der Waals surface area contributed by atoms with Gasteiger partial charge in [-0.25, -0.2) is 0 Å². The molecule has 11 heteroatoms. The lowest BCUT2D eigenvalue weighted by molar-refractivity contribution is -0.642. The topological polar surface area (TPSA) is 129 Å². The van der Waals surface area contributed by atoms with Crippen LogP contribution >= 0.6 is 0 Å². The molecule has 0 amide bonds. The van der Waals surface area contributed by atoms with E-state index >= 15 is 0 Å². The van der Waals surface area contributed by atoms with Crippen LogP contribution in [0.3, 0.4) is 0 Å². The van der Waals surface area contributed by atoms with Gasteiger partial charge < -0.3 is 47.4 Å². The molecular weight excluding hydrogens is 610 g/mol. The number of benzene rings is 3. The maximum atomic E-state index is 11.4. The summed E-state index contributed by atoms with van der Waals surface area (Å²) in [6.07, 6.45) is 7.94. The number of nitrogens with two attached hydrogens (primary N) is 1. The molecule has 0 atom stereocenters. The van der Waals surface area contributed by atoms with Crippen LogP contribution < -0.4 is 47.2 Å². The standard InChI is InChI=1S/C21H18NO4.C12H17NO2.C2H7NO.ClH/c1-22-10-16-13(6-7-17(23-2)21(16)24-3)14-5-4-12-8-18-19(26-11-25-18)9-15(12)20(14)22;1-9-7-11(13(15)12(14)8-9)10-5-3-2-4-6-10;3-1-2-4;/h4-10H,11H2,1-3H3;7-8,10,15H,2-6H2,1H3;4H,1-3H2;1H/q+1;;;/p-1. The number of aryl methyl sites for hydroxylation is 2. The van der Waals surface area contributed by atoms with E-state index in [4.69, 9.17) is 29.8 Å². The second-order valence-corrected chi connectivity index (χ2v) is 11.3. The van der Waals surface area contributed by atoms with Gasteiger partial charge in [-0.15, -0.1) is 0 Å². The van der Waals surface area contributed by atoms with Gasteiger partial charge in [0.1, 0.15) is 7.05 Å². The van der Waals surface area contributed by atoms with Crippen molar-refractivity contribution >= 4 is 32.4 Å². The van der Waals surface area contributed by atoms with Crippen molar-refractivity contribution in [1.82, 2.24) is 4.73 Å². The van der Waals surface area contributed by atoms with Gasteiger partial charge in [0.25, 0.3) is 5.56 Å². The Labute approximate surface area is 274 Å². The van der Waals surface area contributed by atoms with Gasteiger partial charge in [-0.2, -0.15) is 9.30 Å². The Kier molecular flexibility index (Phi) is 11.6. The molecule has 1 aliphatic heterocycles. The SMILES string of the molecule is COc1ccc2c(c[n+](C)c3c4cc5c(cc4ccc23)OCO5)c1OC.Cc1cc(C2CCCCC2)n(O)c(=O)c1.NCCO.[Cl-]. The maximum Gasteiger partial charge on any atom is 0.283 e. The number of methoxy groups -OCH3 is 2. The van der Waals surface area contributed by atoms with Crippen LogP contribution in [-0.4, -0.2) is 49.2 Å². The molecule has 1 fully saturated rings. The molecule has 2 aliphatic rings. The first-order chi connectivity index (χ1) is 21.8. The Balaban J connectivity index is 0.000000205. The largest absolute Gasteiger partial charge is 1.00 e. The van der Waals surface area contributed by atoms with Crippen LogP contribution in [0.2, 0.25) is 0 Å². The Bertz CT molecular complexity index is 1890. The highest BCUT2D eigenvalue weighted by atomic mass is 35.5. The summed E-state index contributed by atoms with van der Waals surface area (Å²) in [6.45, 7) is 2.64. The molecule has 3 aromatic carbocycles. The fourth-order valence-corrected chi connectivity index (χ4v) is 6.28. The number of hydrogen-bond donors (Lipinski definition) is 3. The van der Waals surface area contributed by atoms with E-state index in [1.807, 2.05) is 32.2 Å². The van der Waals surface area contributed by atoms with Gasteiger partial charge in [-0.1, -0.05) is 25.3 Å². The van der Waals surface area contributed by atoms with Crippen molar-refractivity contribution in [3.05, 3.63) is 76.3 Å². The van der Waals surface area contributed by atoms with Crippen molar-refractivity contribution in [2.45, 2.75) is 44.9 Å². The molecule has 10 nitrogen and oxygen atoms in total. The fourth-order valence-electron chi connectivity index (χ4n) is 6.28. The van der Waals surface area contributed by atoms with Crippen molar-refractivity contribution in [2.24, 2.45) is 12.8 Å². The minimum atomic E-state index is -0.310. The number of aliphatic hydroxyl groups excluding tert-OH is 1. The molecule has 4 N–H and O–H groups in total. The van der Waals surface area contributed by atoms with Crippen molar-refractivity contribution in [1.29, 1.82) is 0 Å². The lowest BCUT2D eigenvalue weighted by Crippen LogP contribution is -3.00. The highest BCUT2D eigenvalue weighted by Gasteiger charge is 2.22. The van der Waals surface area contributed by atoms with Crippen molar-refractivity contribution in [3.8, 4) is 23.0 Å². The third kappa shape index (κ3) is 6.94. The smallest absolute Gasteiger partial charge is 0.283 e. The summed E-state index contributed by atoms with van der Waals surface area (Å²) < 4.78 is 25.1. The van der Waals surface area contributed by atoms with Gasteiger partial charge in [0.2, 0.25) is 12.3 Å². The van der Waals surface area contributed by atoms with Crippen LogP contribution in [0.1, 0.15) is 49.3 Å². The van der Waals surface area contributed by atoms with E-state index in [1.165, 1.54) is 25.3 Å². The molecule has 0 radical (unpaired) electrons. The Morgan fingerprint density at radius 1 is 0.935 bits per heavy atom. The molecule has 1 saturated carbocycles. The number of pyridine rings is 2. The van der Waals surface area contributed by atoms with Crippen LogP contribution in [0.4, 0.5) is 0 Å². The number of aromatic nitrogens is 2. The third-order valence-corrected chi connectivity index (χ3v) is 8.37. The highest BCUT2D eigenvalue weighted by molar-refractivity contribution is 6.15. The molecule has 0 saturated heterocycles. The van der Waals surface area contributed by atoms with E-state index in [2.05, 4.69) is 35.0 Å². The van der Waals surface area contributed by atoms with Crippen LogP contribution in [0.25, 0.3) is 32.4 Å². The first-order valence-corrected chi connectivity index (χ1v) is 15.2. The minimum Gasteiger partial charge on any atom is -1.00 e. The van der Waals surface area contributed by atoms with E-state index in [-0.39, 0.29) is 31.4 Å². The third-order valence-electron chi connectivity index (χ3n) is 8.37. The Hall–Kier alpha value is -4.25. The zero-order valence-electron chi connectivity index (χ0n) is 26.7. The number of halogens is 1. The van der Waals surface area contributed by atoms with Crippen LogP contribution in [0.5, 0.6) is 23.0 Å². The van der Waals surface area contributed by atoms with Crippen LogP contribution in [-0.2, 0) is 7.05 Å². The molecule has 0 unspecified atom stereocenters. The summed E-state index contributed by atoms with van der Waals surface area (Å²) >= 11 is 0. The minimum absolute atomic E-state index is 0. The van der Waals surface area contributed by atoms with Gasteiger partial charge >= 0.3 is 0 Å². The van der Waals surface area contributed by atoms with Crippen molar-refractivity contribution in [3.63, 3.8) is 0 Å². The highest BCUT2D eigenvalue weighted by Crippen LogP contribution is 2.41. The van der Waals surface area contributed by atoms with Crippen LogP contribution in [0, 0.1) is 6.92 Å². The molecular formula is C35H42ClN3O7. The van der Waals surface area contributed by atoms with Crippen molar-refractivity contribution < 1.29 is 46.2 Å². The van der Waals surface area contributed by atoms with E-state index in [1.54, 1.807) is 14.2 Å². The molecule has 3 heterocycles. The van der Waals surface area contributed by atoms with Gasteiger partial charge in [-0.05, 0) is 67.1 Å². The quantitative estimate of drug-likeness (QED) is 0.153. The predicted octanol–water partition coefficient (Wildman–Crippen LogP) is 2.10. The summed E-state index contributed by atoms with van der Waals surface area (Å²) in [4.78, 5) is 11.4. The second-order valence-electron chi connectivity index (χ2n) is 11.3. The molecule has 2 aromatic heterocycles. The van der Waals surface area contributed by atoms with E-state index in [0.717, 1.165) is 84.3 Å². The lowest BCUT2D eigenvalue weighted by Gasteiger charge is -2.22. The van der Waals surface area contributed by atoms with Gasteiger partial charge in [0, 0.05) is 23.9 Å². The van der Waals surface area contributed by atoms with E-state index in [0.29, 0.717) is 12.5 Å². The summed E-state index contributed by atoms with van der Waals surface area (Å²) in [7, 11) is 5.37. The van der Waals surface area contributed by atoms with Crippen LogP contribution in [0.15, 0.2) is 59.5 Å². The second kappa shape index (κ2) is 15.4. The Morgan fingerprint density at radius 3 is 2.26 bits per heavy atom. The number of rotatable bonds is 4. The predicted molar refractivity (Wildman–Crippen MR) is 174 cm³/mol. The zero-order chi connectivity index (χ0) is 32.1. The van der Waals surface area contributed by atoms with E-state index in [9.17, 15) is 10.0 Å². The zero-order valence-corrected chi connectivity index (χ0v) is 27.5. The molecule has 7 rings (SSSR count). The normalized spacial score (nSPS) is 13.8. The number of nitrogens with zero attached hydrogens (tertiary/aromatic N) is 2. The molecule has 0 spiro atoms. The Morgan fingerprint density at radius 2 is 1.61 bits per heavy atom. The van der Waals surface area contributed by atoms with E-state index < -0.39 is 0 Å². The maximum absolute atomic E-state index is 11.4. The number of ether oxygens (including phenoxy) is 4. The first kappa shape index (κ1) is 34.6. The monoisotopic (exact) mass is 651 g/mol. The number of fused-ring (bicyclic) bond motifs is 6. The first-order valence-electron chi connectivity index (χ1n) is 15.2. The molecule has 0 bridgehead atoms. The lowest BCUT2D eigenvalue weighted by atomic mass is 9.86. The molecule has 46 heavy (non-hydrogen) atoms. The molecule has 5 aromatic rings. The van der Waals surface area contributed by atoms with Gasteiger partial charge in [0.15, 0.2) is 29.2 Å². The van der Waals surface area contributed by atoms with Gasteiger partial charge in [0.05, 0.1) is 42.7 Å². The fraction of sp³-hybridized carbons (Fsp3) is 0.371. The average molecular weight is 652 g/mol. The molecule has 246 valence electrons.